The molecule has 0 aliphatic carbocycles. The van der Waals surface area contributed by atoms with Gasteiger partial charge in [0.2, 0.25) is 5.91 Å². The molecule has 1 aliphatic heterocycles. The Morgan fingerprint density at radius 2 is 2.14 bits per heavy atom. The fraction of sp³-hybridized carbons (Fsp3) is 0.667. The maximum atomic E-state index is 12.8. The van der Waals surface area contributed by atoms with Crippen LogP contribution < -0.4 is 5.32 Å². The van der Waals surface area contributed by atoms with Gasteiger partial charge in [0.25, 0.3) is 5.91 Å². The number of nitrogens with one attached hydrogen (secondary N) is 1. The topological polar surface area (TPSA) is 75.4 Å². The van der Waals surface area contributed by atoms with Gasteiger partial charge in [-0.15, -0.1) is 0 Å². The average Bonchev–Trinajstić information content (AvgIpc) is 2.79. The first kappa shape index (κ1) is 15.5. The van der Waals surface area contributed by atoms with Crippen molar-refractivity contribution >= 4 is 11.8 Å². The fourth-order valence-corrected chi connectivity index (χ4v) is 2.77. The minimum Gasteiger partial charge on any atom is -0.360 e. The minimum atomic E-state index is -0.0571. The van der Waals surface area contributed by atoms with Gasteiger partial charge in [0.15, 0.2) is 5.76 Å². The van der Waals surface area contributed by atoms with Crippen molar-refractivity contribution in [3.8, 4) is 0 Å². The molecule has 1 aromatic rings. The molecule has 1 saturated heterocycles. The number of carbonyl (C=O) groups is 2. The van der Waals surface area contributed by atoms with E-state index in [9.17, 15) is 9.59 Å². The molecule has 6 heteroatoms. The molecule has 2 heterocycles. The van der Waals surface area contributed by atoms with Gasteiger partial charge in [-0.1, -0.05) is 19.0 Å². The summed E-state index contributed by atoms with van der Waals surface area (Å²) < 4.78 is 5.29. The van der Waals surface area contributed by atoms with Crippen molar-refractivity contribution in [3.63, 3.8) is 0 Å². The van der Waals surface area contributed by atoms with Crippen LogP contribution in [0.2, 0.25) is 0 Å². The monoisotopic (exact) mass is 293 g/mol. The molecule has 0 spiro atoms. The summed E-state index contributed by atoms with van der Waals surface area (Å²) >= 11 is 0. The summed E-state index contributed by atoms with van der Waals surface area (Å²) in [7, 11) is 0. The van der Waals surface area contributed by atoms with Gasteiger partial charge in [-0.3, -0.25) is 9.59 Å². The van der Waals surface area contributed by atoms with Gasteiger partial charge in [0.1, 0.15) is 5.56 Å². The molecule has 0 radical (unpaired) electrons. The van der Waals surface area contributed by atoms with E-state index < -0.39 is 0 Å². The van der Waals surface area contributed by atoms with Crippen LogP contribution in [-0.2, 0) is 4.79 Å². The number of likely N-dealkylation sites (tertiary alicyclic amines) is 1. The van der Waals surface area contributed by atoms with Gasteiger partial charge in [0, 0.05) is 32.0 Å². The Hall–Kier alpha value is -1.85. The number of nitrogens with zero attached hydrogens (tertiary/aromatic N) is 2. The van der Waals surface area contributed by atoms with E-state index in [0.29, 0.717) is 30.1 Å². The van der Waals surface area contributed by atoms with Crippen molar-refractivity contribution < 1.29 is 14.1 Å². The molecule has 1 aromatic heterocycles. The summed E-state index contributed by atoms with van der Waals surface area (Å²) in [6.07, 6.45) is 1.79. The predicted octanol–water partition coefficient (Wildman–Crippen LogP) is 1.85. The first-order chi connectivity index (χ1) is 9.90. The molecule has 1 fully saturated rings. The summed E-state index contributed by atoms with van der Waals surface area (Å²) in [5.41, 5.74) is 1.21. The predicted molar refractivity (Wildman–Crippen MR) is 78.1 cm³/mol. The van der Waals surface area contributed by atoms with E-state index in [1.807, 2.05) is 13.8 Å². The van der Waals surface area contributed by atoms with Gasteiger partial charge in [-0.2, -0.15) is 0 Å². The van der Waals surface area contributed by atoms with Crippen molar-refractivity contribution in [2.45, 2.75) is 52.5 Å². The molecule has 0 saturated carbocycles. The number of rotatable bonds is 3. The molecule has 0 unspecified atom stereocenters. The number of carbonyl (C=O) groups excluding carboxylic acids is 2. The molecule has 1 N–H and O–H groups in total. The molecule has 1 atom stereocenters. The number of aromatic nitrogens is 1. The lowest BCUT2D eigenvalue weighted by Gasteiger charge is -2.33. The third-order valence-corrected chi connectivity index (χ3v) is 3.74. The van der Waals surface area contributed by atoms with Crippen molar-refractivity contribution in [1.82, 2.24) is 15.4 Å². The van der Waals surface area contributed by atoms with E-state index in [4.69, 9.17) is 4.52 Å². The van der Waals surface area contributed by atoms with Gasteiger partial charge in [0.05, 0.1) is 5.69 Å². The lowest BCUT2D eigenvalue weighted by Crippen LogP contribution is -2.49. The van der Waals surface area contributed by atoms with Crippen LogP contribution in [-0.4, -0.2) is 41.0 Å². The molecule has 2 rings (SSSR count). The number of aryl methyl sites for hydroxylation is 1. The van der Waals surface area contributed by atoms with Crippen molar-refractivity contribution in [1.29, 1.82) is 0 Å². The maximum absolute atomic E-state index is 12.8. The highest BCUT2D eigenvalue weighted by atomic mass is 16.5. The van der Waals surface area contributed by atoms with Gasteiger partial charge >= 0.3 is 0 Å². The van der Waals surface area contributed by atoms with E-state index in [1.54, 1.807) is 11.8 Å². The third-order valence-electron chi connectivity index (χ3n) is 3.74. The molecule has 116 valence electrons. The van der Waals surface area contributed by atoms with Crippen molar-refractivity contribution in [2.24, 2.45) is 0 Å². The molecule has 0 bridgehead atoms. The van der Waals surface area contributed by atoms with E-state index in [0.717, 1.165) is 12.8 Å². The van der Waals surface area contributed by atoms with Gasteiger partial charge < -0.3 is 14.7 Å². The second kappa shape index (κ2) is 6.28. The summed E-state index contributed by atoms with van der Waals surface area (Å²) in [5.74, 6) is 0.645. The van der Waals surface area contributed by atoms with Crippen LogP contribution >= 0.6 is 0 Å². The molecule has 1 aliphatic rings. The highest BCUT2D eigenvalue weighted by molar-refractivity contribution is 5.96. The van der Waals surface area contributed by atoms with E-state index in [-0.39, 0.29) is 23.8 Å². The summed E-state index contributed by atoms with van der Waals surface area (Å²) in [4.78, 5) is 25.7. The SMILES string of the molecule is CC(=O)N[C@@H]1CCCN(C(=O)c2c(C)noc2C(C)C)C1. The average molecular weight is 293 g/mol. The van der Waals surface area contributed by atoms with Crippen LogP contribution in [0.5, 0.6) is 0 Å². The van der Waals surface area contributed by atoms with Crippen LogP contribution in [0.15, 0.2) is 4.52 Å². The highest BCUT2D eigenvalue weighted by Crippen LogP contribution is 2.25. The van der Waals surface area contributed by atoms with Crippen LogP contribution in [0.25, 0.3) is 0 Å². The molecule has 21 heavy (non-hydrogen) atoms. The Bertz CT molecular complexity index is 536. The van der Waals surface area contributed by atoms with Crippen LogP contribution in [0, 0.1) is 6.92 Å². The zero-order chi connectivity index (χ0) is 15.6. The van der Waals surface area contributed by atoms with E-state index in [2.05, 4.69) is 10.5 Å². The number of hydrogen-bond donors (Lipinski definition) is 1. The molecular formula is C15H23N3O3. The zero-order valence-corrected chi connectivity index (χ0v) is 13.1. The highest BCUT2D eigenvalue weighted by Gasteiger charge is 2.30. The Morgan fingerprint density at radius 3 is 2.76 bits per heavy atom. The number of piperidine rings is 1. The first-order valence-electron chi connectivity index (χ1n) is 7.42. The largest absolute Gasteiger partial charge is 0.360 e. The number of hydrogen-bond acceptors (Lipinski definition) is 4. The van der Waals surface area contributed by atoms with E-state index >= 15 is 0 Å². The van der Waals surface area contributed by atoms with Crippen LogP contribution in [0.4, 0.5) is 0 Å². The second-order valence-electron chi connectivity index (χ2n) is 5.95. The summed E-state index contributed by atoms with van der Waals surface area (Å²) in [5, 5.41) is 6.82. The van der Waals surface area contributed by atoms with Gasteiger partial charge in [-0.05, 0) is 19.8 Å². The minimum absolute atomic E-state index is 0.0304. The fourth-order valence-electron chi connectivity index (χ4n) is 2.77. The Kier molecular flexibility index (Phi) is 4.65. The Labute approximate surface area is 124 Å². The molecule has 2 amide bonds. The van der Waals surface area contributed by atoms with Crippen molar-refractivity contribution in [2.75, 3.05) is 13.1 Å². The smallest absolute Gasteiger partial charge is 0.259 e. The quantitative estimate of drug-likeness (QED) is 0.922. The Morgan fingerprint density at radius 1 is 1.43 bits per heavy atom. The lowest BCUT2D eigenvalue weighted by atomic mass is 10.0. The summed E-state index contributed by atoms with van der Waals surface area (Å²) in [6.45, 7) is 8.50. The molecule has 6 nitrogen and oxygen atoms in total. The zero-order valence-electron chi connectivity index (χ0n) is 13.1. The molecule has 0 aromatic carbocycles. The van der Waals surface area contributed by atoms with Crippen LogP contribution in [0.1, 0.15) is 61.3 Å². The van der Waals surface area contributed by atoms with Crippen LogP contribution in [0.3, 0.4) is 0 Å². The number of amides is 2. The second-order valence-corrected chi connectivity index (χ2v) is 5.95. The standard InChI is InChI=1S/C15H23N3O3/c1-9(2)14-13(10(3)17-21-14)15(20)18-7-5-6-12(8-18)16-11(4)19/h9,12H,5-8H2,1-4H3,(H,16,19)/t12-/m1/s1. The Balaban J connectivity index is 2.16. The van der Waals surface area contributed by atoms with Gasteiger partial charge in [-0.25, -0.2) is 0 Å². The first-order valence-corrected chi connectivity index (χ1v) is 7.42. The summed E-state index contributed by atoms with van der Waals surface area (Å²) in [6, 6.07) is 0.0304. The molecular weight excluding hydrogens is 270 g/mol. The lowest BCUT2D eigenvalue weighted by molar-refractivity contribution is -0.120. The maximum Gasteiger partial charge on any atom is 0.259 e. The van der Waals surface area contributed by atoms with Crippen molar-refractivity contribution in [3.05, 3.63) is 17.0 Å². The normalized spacial score (nSPS) is 18.9. The third kappa shape index (κ3) is 3.43. The van der Waals surface area contributed by atoms with E-state index in [1.165, 1.54) is 6.92 Å².